The molecule has 0 unspecified atom stereocenters. The number of hydrogen-bond donors (Lipinski definition) is 1. The van der Waals surface area contributed by atoms with E-state index in [0.717, 1.165) is 11.6 Å². The molecule has 1 N–H and O–H groups in total. The van der Waals surface area contributed by atoms with Gasteiger partial charge < -0.3 is 10.1 Å². The first-order chi connectivity index (χ1) is 9.31. The van der Waals surface area contributed by atoms with Gasteiger partial charge in [-0.15, -0.1) is 11.3 Å². The van der Waals surface area contributed by atoms with Crippen LogP contribution in [0.15, 0.2) is 29.8 Å². The van der Waals surface area contributed by atoms with Gasteiger partial charge in [-0.05, 0) is 30.5 Å². The quantitative estimate of drug-likeness (QED) is 0.883. The molecule has 1 aromatic heterocycles. The average molecular weight is 295 g/mol. The van der Waals surface area contributed by atoms with Crippen molar-refractivity contribution in [1.29, 1.82) is 0 Å². The second kappa shape index (κ2) is 5.90. The van der Waals surface area contributed by atoms with Gasteiger partial charge in [-0.2, -0.15) is 0 Å². The first-order valence-corrected chi connectivity index (χ1v) is 7.60. The van der Waals surface area contributed by atoms with Crippen LogP contribution < -0.4 is 10.1 Å². The highest BCUT2D eigenvalue weighted by atomic mass is 35.5. The summed E-state index contributed by atoms with van der Waals surface area (Å²) < 4.78 is 5.67. The first kappa shape index (κ1) is 12.9. The Balaban J connectivity index is 1.58. The van der Waals surface area contributed by atoms with Crippen molar-refractivity contribution >= 4 is 22.9 Å². The lowest BCUT2D eigenvalue weighted by Gasteiger charge is -2.09. The Hall–Kier alpha value is -1.10. The van der Waals surface area contributed by atoms with Crippen molar-refractivity contribution in [2.75, 3.05) is 0 Å². The lowest BCUT2D eigenvalue weighted by Crippen LogP contribution is -2.15. The van der Waals surface area contributed by atoms with Gasteiger partial charge in [-0.25, -0.2) is 4.98 Å². The number of thiazole rings is 1. The van der Waals surface area contributed by atoms with Crippen LogP contribution in [0.1, 0.15) is 23.4 Å². The van der Waals surface area contributed by atoms with Crippen LogP contribution in [0.4, 0.5) is 0 Å². The third-order valence-electron chi connectivity index (χ3n) is 3.00. The molecule has 3 rings (SSSR count). The largest absolute Gasteiger partial charge is 0.485 e. The van der Waals surface area contributed by atoms with Crippen LogP contribution in [-0.4, -0.2) is 11.0 Å². The van der Waals surface area contributed by atoms with E-state index < -0.39 is 0 Å². The van der Waals surface area contributed by atoms with Crippen molar-refractivity contribution in [3.8, 4) is 5.75 Å². The van der Waals surface area contributed by atoms with Crippen molar-refractivity contribution in [2.45, 2.75) is 32.0 Å². The second-order valence-corrected chi connectivity index (χ2v) is 6.02. The molecule has 1 aliphatic rings. The average Bonchev–Trinajstić information content (AvgIpc) is 3.10. The minimum atomic E-state index is 0.469. The Labute approximate surface area is 121 Å². The summed E-state index contributed by atoms with van der Waals surface area (Å²) in [4.78, 5) is 4.17. The minimum absolute atomic E-state index is 0.469. The summed E-state index contributed by atoms with van der Waals surface area (Å²) in [7, 11) is 0. The number of ether oxygens (including phenoxy) is 1. The molecule has 1 aliphatic carbocycles. The van der Waals surface area contributed by atoms with E-state index in [1.54, 1.807) is 17.5 Å². The number of nitrogens with one attached hydrogen (secondary N) is 1. The number of rotatable bonds is 6. The van der Waals surface area contributed by atoms with Gasteiger partial charge in [0.05, 0.1) is 5.02 Å². The van der Waals surface area contributed by atoms with E-state index >= 15 is 0 Å². The summed E-state index contributed by atoms with van der Waals surface area (Å²) in [5, 5.41) is 7.02. The molecular weight excluding hydrogens is 280 g/mol. The molecule has 100 valence electrons. The maximum atomic E-state index is 6.23. The van der Waals surface area contributed by atoms with Gasteiger partial charge in [0.2, 0.25) is 0 Å². The SMILES string of the molecule is Clc1cc(CNC2CC2)ccc1OCc1nccs1. The van der Waals surface area contributed by atoms with E-state index in [4.69, 9.17) is 16.3 Å². The third kappa shape index (κ3) is 3.69. The predicted molar refractivity (Wildman–Crippen MR) is 77.8 cm³/mol. The Morgan fingerprint density at radius 3 is 3.00 bits per heavy atom. The lowest BCUT2D eigenvalue weighted by atomic mass is 10.2. The van der Waals surface area contributed by atoms with Crippen LogP contribution in [0.3, 0.4) is 0 Å². The van der Waals surface area contributed by atoms with Crippen LogP contribution in [0.5, 0.6) is 5.75 Å². The zero-order chi connectivity index (χ0) is 13.1. The van der Waals surface area contributed by atoms with E-state index in [-0.39, 0.29) is 0 Å². The summed E-state index contributed by atoms with van der Waals surface area (Å²) in [5.41, 5.74) is 1.19. The standard InChI is InChI=1S/C14H15ClN2OS/c15-12-7-10(8-17-11-2-3-11)1-4-13(12)18-9-14-16-5-6-19-14/h1,4-7,11,17H,2-3,8-9H2. The normalized spacial score (nSPS) is 14.6. The molecule has 0 aliphatic heterocycles. The molecule has 3 nitrogen and oxygen atoms in total. The predicted octanol–water partition coefficient (Wildman–Crippen LogP) is 3.63. The second-order valence-electron chi connectivity index (χ2n) is 4.63. The molecule has 1 saturated carbocycles. The van der Waals surface area contributed by atoms with Gasteiger partial charge >= 0.3 is 0 Å². The number of benzene rings is 1. The molecule has 1 heterocycles. The molecule has 0 amide bonds. The van der Waals surface area contributed by atoms with Crippen molar-refractivity contribution in [3.05, 3.63) is 45.4 Å². The van der Waals surface area contributed by atoms with Crippen LogP contribution in [0.2, 0.25) is 5.02 Å². The Morgan fingerprint density at radius 2 is 2.32 bits per heavy atom. The van der Waals surface area contributed by atoms with Crippen molar-refractivity contribution < 1.29 is 4.74 Å². The summed E-state index contributed by atoms with van der Waals surface area (Å²) in [6.45, 7) is 1.34. The van der Waals surface area contributed by atoms with Gasteiger partial charge in [0.1, 0.15) is 17.4 Å². The number of hydrogen-bond acceptors (Lipinski definition) is 4. The van der Waals surface area contributed by atoms with Gasteiger partial charge in [-0.3, -0.25) is 0 Å². The molecule has 19 heavy (non-hydrogen) atoms. The van der Waals surface area contributed by atoms with E-state index in [1.165, 1.54) is 18.4 Å². The maximum Gasteiger partial charge on any atom is 0.140 e. The summed E-state index contributed by atoms with van der Waals surface area (Å²) >= 11 is 7.81. The summed E-state index contributed by atoms with van der Waals surface area (Å²) in [6, 6.07) is 6.66. The van der Waals surface area contributed by atoms with Crippen LogP contribution in [-0.2, 0) is 13.2 Å². The number of halogens is 1. The molecule has 0 bridgehead atoms. The fourth-order valence-corrected chi connectivity index (χ4v) is 2.57. The third-order valence-corrected chi connectivity index (χ3v) is 4.05. The van der Waals surface area contributed by atoms with Crippen molar-refractivity contribution in [3.63, 3.8) is 0 Å². The summed E-state index contributed by atoms with van der Waals surface area (Å²) in [5.74, 6) is 0.715. The fourth-order valence-electron chi connectivity index (χ4n) is 1.78. The minimum Gasteiger partial charge on any atom is -0.485 e. The Kier molecular flexibility index (Phi) is 4.01. The lowest BCUT2D eigenvalue weighted by molar-refractivity contribution is 0.305. The van der Waals surface area contributed by atoms with E-state index in [2.05, 4.69) is 16.4 Å². The highest BCUT2D eigenvalue weighted by molar-refractivity contribution is 7.09. The van der Waals surface area contributed by atoms with Gasteiger partial charge in [0, 0.05) is 24.2 Å². The van der Waals surface area contributed by atoms with Crippen LogP contribution in [0, 0.1) is 0 Å². The topological polar surface area (TPSA) is 34.1 Å². The highest BCUT2D eigenvalue weighted by Crippen LogP contribution is 2.27. The molecule has 1 fully saturated rings. The molecular formula is C14H15ClN2OS. The summed E-state index contributed by atoms with van der Waals surface area (Å²) in [6.07, 6.45) is 4.36. The monoisotopic (exact) mass is 294 g/mol. The smallest absolute Gasteiger partial charge is 0.140 e. The molecule has 2 aromatic rings. The highest BCUT2D eigenvalue weighted by Gasteiger charge is 2.20. The molecule has 0 radical (unpaired) electrons. The zero-order valence-electron chi connectivity index (χ0n) is 10.4. The van der Waals surface area contributed by atoms with E-state index in [1.807, 2.05) is 17.5 Å². The van der Waals surface area contributed by atoms with E-state index in [9.17, 15) is 0 Å². The Morgan fingerprint density at radius 1 is 1.42 bits per heavy atom. The van der Waals surface area contributed by atoms with Crippen LogP contribution in [0.25, 0.3) is 0 Å². The fraction of sp³-hybridized carbons (Fsp3) is 0.357. The molecule has 1 aromatic carbocycles. The molecule has 0 spiro atoms. The first-order valence-electron chi connectivity index (χ1n) is 6.34. The zero-order valence-corrected chi connectivity index (χ0v) is 12.0. The Bertz CT molecular complexity index is 540. The van der Waals surface area contributed by atoms with Gasteiger partial charge in [0.15, 0.2) is 0 Å². The number of nitrogens with zero attached hydrogens (tertiary/aromatic N) is 1. The van der Waals surface area contributed by atoms with Crippen molar-refractivity contribution in [1.82, 2.24) is 10.3 Å². The van der Waals surface area contributed by atoms with Gasteiger partial charge in [0.25, 0.3) is 0 Å². The molecule has 0 saturated heterocycles. The van der Waals surface area contributed by atoms with Crippen LogP contribution >= 0.6 is 22.9 Å². The van der Waals surface area contributed by atoms with E-state index in [0.29, 0.717) is 23.4 Å². The maximum absolute atomic E-state index is 6.23. The molecule has 0 atom stereocenters. The number of aromatic nitrogens is 1. The van der Waals surface area contributed by atoms with Crippen molar-refractivity contribution in [2.24, 2.45) is 0 Å². The molecule has 5 heteroatoms. The van der Waals surface area contributed by atoms with Gasteiger partial charge in [-0.1, -0.05) is 17.7 Å².